The van der Waals surface area contributed by atoms with Gasteiger partial charge in [-0.25, -0.2) is 4.79 Å². The van der Waals surface area contributed by atoms with Crippen LogP contribution in [-0.2, 0) is 20.4 Å². The van der Waals surface area contributed by atoms with E-state index in [2.05, 4.69) is 0 Å². The van der Waals surface area contributed by atoms with Gasteiger partial charge >= 0.3 is 17.8 Å². The summed E-state index contributed by atoms with van der Waals surface area (Å²) < 4.78 is 11.1. The lowest BCUT2D eigenvalue weighted by atomic mass is 10.1. The van der Waals surface area contributed by atoms with Crippen molar-refractivity contribution < 1.29 is 18.6 Å². The van der Waals surface area contributed by atoms with E-state index in [1.54, 1.807) is 0 Å². The van der Waals surface area contributed by atoms with Gasteiger partial charge in [0.1, 0.15) is 0 Å². The second-order valence-electron chi connectivity index (χ2n) is 3.51. The molecule has 0 spiro atoms. The molecule has 82 valence electrons. The van der Waals surface area contributed by atoms with E-state index < -0.39 is 28.6 Å². The highest BCUT2D eigenvalue weighted by molar-refractivity contribution is 7.85. The zero-order chi connectivity index (χ0) is 11.0. The summed E-state index contributed by atoms with van der Waals surface area (Å²) in [4.78, 5) is 34.5. The summed E-state index contributed by atoms with van der Waals surface area (Å²) in [6.07, 6.45) is 1.03. The maximum atomic E-state index is 11.3. The van der Waals surface area contributed by atoms with Gasteiger partial charge < -0.3 is 0 Å². The van der Waals surface area contributed by atoms with Gasteiger partial charge in [0, 0.05) is 28.3 Å². The SMILES string of the molecule is O=C1NC(=O)N(C2CCS(=O)CC2)C1=O. The average molecular weight is 230 g/mol. The van der Waals surface area contributed by atoms with E-state index in [-0.39, 0.29) is 6.04 Å². The van der Waals surface area contributed by atoms with Gasteiger partial charge in [-0.05, 0) is 12.8 Å². The molecule has 7 heteroatoms. The quantitative estimate of drug-likeness (QED) is 0.461. The third kappa shape index (κ3) is 1.79. The topological polar surface area (TPSA) is 83.6 Å². The van der Waals surface area contributed by atoms with Crippen molar-refractivity contribution in [1.29, 1.82) is 0 Å². The van der Waals surface area contributed by atoms with Crippen molar-refractivity contribution in [2.45, 2.75) is 18.9 Å². The van der Waals surface area contributed by atoms with Crippen molar-refractivity contribution in [1.82, 2.24) is 10.2 Å². The van der Waals surface area contributed by atoms with Crippen LogP contribution >= 0.6 is 0 Å². The van der Waals surface area contributed by atoms with Gasteiger partial charge in [-0.3, -0.25) is 24.0 Å². The third-order valence-electron chi connectivity index (χ3n) is 2.57. The molecule has 0 atom stereocenters. The lowest BCUT2D eigenvalue weighted by Gasteiger charge is -2.27. The van der Waals surface area contributed by atoms with Crippen molar-refractivity contribution >= 4 is 28.6 Å². The van der Waals surface area contributed by atoms with Crippen LogP contribution in [0.1, 0.15) is 12.8 Å². The molecule has 2 saturated heterocycles. The summed E-state index contributed by atoms with van der Waals surface area (Å²) in [5.41, 5.74) is 0. The Kier molecular flexibility index (Phi) is 2.56. The first-order valence-electron chi connectivity index (χ1n) is 4.63. The van der Waals surface area contributed by atoms with Crippen molar-refractivity contribution in [2.75, 3.05) is 11.5 Å². The molecule has 2 heterocycles. The van der Waals surface area contributed by atoms with Crippen molar-refractivity contribution in [3.05, 3.63) is 0 Å². The first kappa shape index (κ1) is 10.3. The predicted molar refractivity (Wildman–Crippen MR) is 51.3 cm³/mol. The molecule has 2 aliphatic rings. The Morgan fingerprint density at radius 1 is 1.20 bits per heavy atom. The number of hydrogen-bond donors (Lipinski definition) is 1. The molecule has 0 unspecified atom stereocenters. The Hall–Kier alpha value is -1.24. The van der Waals surface area contributed by atoms with Crippen molar-refractivity contribution in [3.63, 3.8) is 0 Å². The molecule has 0 aromatic carbocycles. The molecule has 0 bridgehead atoms. The number of carbonyl (C=O) groups excluding carboxylic acids is 3. The van der Waals surface area contributed by atoms with Crippen molar-refractivity contribution in [2.24, 2.45) is 0 Å². The molecule has 0 aromatic heterocycles. The summed E-state index contributed by atoms with van der Waals surface area (Å²) in [5, 5.41) is 1.95. The first-order chi connectivity index (χ1) is 7.09. The van der Waals surface area contributed by atoms with E-state index in [0.717, 1.165) is 4.90 Å². The molecule has 2 rings (SSSR count). The highest BCUT2D eigenvalue weighted by atomic mass is 32.2. The second-order valence-corrected chi connectivity index (χ2v) is 5.21. The van der Waals surface area contributed by atoms with Crippen LogP contribution in [0.4, 0.5) is 4.79 Å². The van der Waals surface area contributed by atoms with Gasteiger partial charge in [0.15, 0.2) is 0 Å². The predicted octanol–water partition coefficient (Wildman–Crippen LogP) is -1.02. The minimum atomic E-state index is -0.869. The van der Waals surface area contributed by atoms with Crippen LogP contribution in [0, 0.1) is 0 Å². The number of carbonyl (C=O) groups is 3. The molecule has 6 nitrogen and oxygen atoms in total. The van der Waals surface area contributed by atoms with Gasteiger partial charge in [0.05, 0.1) is 0 Å². The molecule has 0 aromatic rings. The highest BCUT2D eigenvalue weighted by Gasteiger charge is 2.42. The Morgan fingerprint density at radius 2 is 1.80 bits per heavy atom. The zero-order valence-electron chi connectivity index (χ0n) is 7.89. The Bertz CT molecular complexity index is 358. The van der Waals surface area contributed by atoms with E-state index in [0.29, 0.717) is 24.3 Å². The van der Waals surface area contributed by atoms with E-state index in [9.17, 15) is 18.6 Å². The van der Waals surface area contributed by atoms with E-state index in [4.69, 9.17) is 0 Å². The third-order valence-corrected chi connectivity index (χ3v) is 3.96. The molecule has 15 heavy (non-hydrogen) atoms. The molecule has 0 aliphatic carbocycles. The number of rotatable bonds is 1. The fourth-order valence-electron chi connectivity index (χ4n) is 1.78. The monoisotopic (exact) mass is 230 g/mol. The standard InChI is InChI=1S/C8H10N2O4S/c11-6-7(12)10(8(13)9-6)5-1-3-15(14)4-2-5/h5H,1-4H2,(H,9,11,13). The summed E-state index contributed by atoms with van der Waals surface area (Å²) >= 11 is 0. The molecule has 4 amide bonds. The number of nitrogens with zero attached hydrogens (tertiary/aromatic N) is 1. The van der Waals surface area contributed by atoms with Crippen LogP contribution in [0.2, 0.25) is 0 Å². The van der Waals surface area contributed by atoms with Crippen molar-refractivity contribution in [3.8, 4) is 0 Å². The number of nitrogens with one attached hydrogen (secondary N) is 1. The minimum Gasteiger partial charge on any atom is -0.269 e. The largest absolute Gasteiger partial charge is 0.331 e. The molecular weight excluding hydrogens is 220 g/mol. The lowest BCUT2D eigenvalue weighted by molar-refractivity contribution is -0.141. The first-order valence-corrected chi connectivity index (χ1v) is 6.12. The Balaban J connectivity index is 2.10. The Labute approximate surface area is 88.5 Å². The lowest BCUT2D eigenvalue weighted by Crippen LogP contribution is -2.44. The highest BCUT2D eigenvalue weighted by Crippen LogP contribution is 2.18. The van der Waals surface area contributed by atoms with Crippen LogP contribution in [0.15, 0.2) is 0 Å². The van der Waals surface area contributed by atoms with Crippen LogP contribution in [-0.4, -0.2) is 44.5 Å². The summed E-state index contributed by atoms with van der Waals surface area (Å²) in [6, 6.07) is -0.927. The smallest absolute Gasteiger partial charge is 0.269 e. The van der Waals surface area contributed by atoms with Crippen LogP contribution in [0.25, 0.3) is 0 Å². The molecule has 2 aliphatic heterocycles. The molecule has 0 saturated carbocycles. The molecule has 2 fully saturated rings. The fraction of sp³-hybridized carbons (Fsp3) is 0.625. The van der Waals surface area contributed by atoms with Crippen LogP contribution < -0.4 is 5.32 Å². The summed E-state index contributed by atoms with van der Waals surface area (Å²) in [7, 11) is -0.847. The number of urea groups is 1. The van der Waals surface area contributed by atoms with Crippen LogP contribution in [0.3, 0.4) is 0 Å². The van der Waals surface area contributed by atoms with E-state index in [1.165, 1.54) is 0 Å². The van der Waals surface area contributed by atoms with Gasteiger partial charge in [-0.1, -0.05) is 0 Å². The minimum absolute atomic E-state index is 0.276. The molecule has 0 radical (unpaired) electrons. The van der Waals surface area contributed by atoms with E-state index >= 15 is 0 Å². The van der Waals surface area contributed by atoms with Gasteiger partial charge in [-0.15, -0.1) is 0 Å². The van der Waals surface area contributed by atoms with Gasteiger partial charge in [0.25, 0.3) is 0 Å². The van der Waals surface area contributed by atoms with Crippen LogP contribution in [0.5, 0.6) is 0 Å². The van der Waals surface area contributed by atoms with Gasteiger partial charge in [0.2, 0.25) is 0 Å². The van der Waals surface area contributed by atoms with Gasteiger partial charge in [-0.2, -0.15) is 0 Å². The number of amides is 4. The van der Waals surface area contributed by atoms with E-state index in [1.807, 2.05) is 5.32 Å². The Morgan fingerprint density at radius 3 is 2.27 bits per heavy atom. The molecular formula is C8H10N2O4S. The normalized spacial score (nSPS) is 32.0. The molecule has 1 N–H and O–H groups in total. The number of imide groups is 2. The number of hydrogen-bond acceptors (Lipinski definition) is 4. The second kappa shape index (κ2) is 3.73. The maximum Gasteiger partial charge on any atom is 0.331 e. The fourth-order valence-corrected chi connectivity index (χ4v) is 3.06. The summed E-state index contributed by atoms with van der Waals surface area (Å²) in [6.45, 7) is 0. The maximum absolute atomic E-state index is 11.3. The summed E-state index contributed by atoms with van der Waals surface area (Å²) in [5.74, 6) is -0.698. The average Bonchev–Trinajstić information content (AvgIpc) is 2.44. The zero-order valence-corrected chi connectivity index (χ0v) is 8.71.